The van der Waals surface area contributed by atoms with Gasteiger partial charge in [-0.25, -0.2) is 4.98 Å². The third-order valence-corrected chi connectivity index (χ3v) is 3.85. The molecule has 2 heterocycles. The highest BCUT2D eigenvalue weighted by Gasteiger charge is 2.16. The van der Waals surface area contributed by atoms with Gasteiger partial charge in [0.2, 0.25) is 0 Å². The molecule has 4 heteroatoms. The number of likely N-dealkylation sites (N-methyl/N-ethyl adjacent to an activating group) is 1. The Morgan fingerprint density at radius 3 is 3.15 bits per heavy atom. The molecular formula is C16H22N4. The Labute approximate surface area is 120 Å². The van der Waals surface area contributed by atoms with Crippen LogP contribution in [0.5, 0.6) is 0 Å². The molecule has 2 aromatic rings. The first kappa shape index (κ1) is 13.2. The molecule has 0 amide bonds. The van der Waals surface area contributed by atoms with Crippen molar-refractivity contribution in [2.45, 2.75) is 25.4 Å². The molecule has 1 aromatic heterocycles. The lowest BCUT2D eigenvalue weighted by Gasteiger charge is -2.31. The summed E-state index contributed by atoms with van der Waals surface area (Å²) < 4.78 is 2.09. The van der Waals surface area contributed by atoms with E-state index in [0.717, 1.165) is 13.1 Å². The number of benzene rings is 1. The molecule has 1 aliphatic rings. The van der Waals surface area contributed by atoms with Crippen LogP contribution in [-0.4, -0.2) is 40.6 Å². The van der Waals surface area contributed by atoms with E-state index in [2.05, 4.69) is 51.1 Å². The second kappa shape index (κ2) is 6.09. The number of hydrogen-bond donors (Lipinski definition) is 1. The lowest BCUT2D eigenvalue weighted by Crippen LogP contribution is -2.39. The molecule has 0 radical (unpaired) electrons. The number of likely N-dealkylation sites (tertiary alicyclic amines) is 1. The number of hydrogen-bond acceptors (Lipinski definition) is 3. The minimum absolute atomic E-state index is 0.567. The SMILES string of the molecule is CN1CCCC(Nc2cccc(Cn3ccnc3)c2)C1. The minimum Gasteiger partial charge on any atom is -0.381 e. The number of piperidine rings is 1. The van der Waals surface area contributed by atoms with Gasteiger partial charge in [0.1, 0.15) is 0 Å². The van der Waals surface area contributed by atoms with Gasteiger partial charge in [0.25, 0.3) is 0 Å². The van der Waals surface area contributed by atoms with E-state index in [9.17, 15) is 0 Å². The van der Waals surface area contributed by atoms with E-state index in [0.29, 0.717) is 6.04 Å². The Kier molecular flexibility index (Phi) is 4.02. The largest absolute Gasteiger partial charge is 0.381 e. The molecule has 1 aliphatic heterocycles. The van der Waals surface area contributed by atoms with Gasteiger partial charge in [0, 0.05) is 37.2 Å². The summed E-state index contributed by atoms with van der Waals surface area (Å²) >= 11 is 0. The maximum absolute atomic E-state index is 4.08. The summed E-state index contributed by atoms with van der Waals surface area (Å²) in [6, 6.07) is 9.26. The molecule has 0 aliphatic carbocycles. The van der Waals surface area contributed by atoms with Crippen molar-refractivity contribution in [3.63, 3.8) is 0 Å². The van der Waals surface area contributed by atoms with E-state index in [1.807, 2.05) is 18.7 Å². The van der Waals surface area contributed by atoms with Crippen LogP contribution in [0.2, 0.25) is 0 Å². The fraction of sp³-hybridized carbons (Fsp3) is 0.438. The van der Waals surface area contributed by atoms with Crippen molar-refractivity contribution in [2.24, 2.45) is 0 Å². The first-order valence-corrected chi connectivity index (χ1v) is 7.29. The highest BCUT2D eigenvalue weighted by atomic mass is 15.1. The van der Waals surface area contributed by atoms with Crippen molar-refractivity contribution in [1.82, 2.24) is 14.5 Å². The van der Waals surface area contributed by atoms with Crippen LogP contribution >= 0.6 is 0 Å². The third-order valence-electron chi connectivity index (χ3n) is 3.85. The van der Waals surface area contributed by atoms with E-state index in [-0.39, 0.29) is 0 Å². The van der Waals surface area contributed by atoms with Gasteiger partial charge < -0.3 is 14.8 Å². The molecule has 1 unspecified atom stereocenters. The number of imidazole rings is 1. The zero-order valence-corrected chi connectivity index (χ0v) is 12.0. The first-order chi connectivity index (χ1) is 9.79. The first-order valence-electron chi connectivity index (χ1n) is 7.29. The molecule has 1 saturated heterocycles. The number of aromatic nitrogens is 2. The standard InChI is InChI=1S/C16H22N4/c1-19-8-3-6-16(12-19)18-15-5-2-4-14(10-15)11-20-9-7-17-13-20/h2,4-5,7,9-10,13,16,18H,3,6,8,11-12H2,1H3. The van der Waals surface area contributed by atoms with Crippen LogP contribution in [0.15, 0.2) is 43.0 Å². The molecule has 1 N–H and O–H groups in total. The van der Waals surface area contributed by atoms with Gasteiger partial charge in [-0.3, -0.25) is 0 Å². The van der Waals surface area contributed by atoms with Gasteiger partial charge in [-0.05, 0) is 44.1 Å². The molecule has 20 heavy (non-hydrogen) atoms. The van der Waals surface area contributed by atoms with E-state index < -0.39 is 0 Å². The Balaban J connectivity index is 1.65. The monoisotopic (exact) mass is 270 g/mol. The van der Waals surface area contributed by atoms with E-state index >= 15 is 0 Å². The van der Waals surface area contributed by atoms with Gasteiger partial charge in [0.15, 0.2) is 0 Å². The molecule has 0 saturated carbocycles. The smallest absolute Gasteiger partial charge is 0.0949 e. The van der Waals surface area contributed by atoms with Crippen molar-refractivity contribution >= 4 is 5.69 Å². The maximum atomic E-state index is 4.08. The number of rotatable bonds is 4. The average Bonchev–Trinajstić information content (AvgIpc) is 2.92. The highest BCUT2D eigenvalue weighted by Crippen LogP contribution is 2.17. The molecule has 1 atom stereocenters. The van der Waals surface area contributed by atoms with Crippen molar-refractivity contribution in [2.75, 3.05) is 25.5 Å². The normalized spacial score (nSPS) is 19.9. The van der Waals surface area contributed by atoms with Crippen molar-refractivity contribution in [1.29, 1.82) is 0 Å². The quantitative estimate of drug-likeness (QED) is 0.926. The fourth-order valence-electron chi connectivity index (χ4n) is 2.87. The van der Waals surface area contributed by atoms with Gasteiger partial charge in [0.05, 0.1) is 6.33 Å². The summed E-state index contributed by atoms with van der Waals surface area (Å²) in [6.45, 7) is 3.23. The van der Waals surface area contributed by atoms with Crippen LogP contribution in [0.1, 0.15) is 18.4 Å². The Morgan fingerprint density at radius 1 is 1.40 bits per heavy atom. The molecule has 1 fully saturated rings. The number of nitrogens with zero attached hydrogens (tertiary/aromatic N) is 3. The summed E-state index contributed by atoms with van der Waals surface area (Å²) in [5.74, 6) is 0. The minimum atomic E-state index is 0.567. The van der Waals surface area contributed by atoms with Crippen LogP contribution in [0.25, 0.3) is 0 Å². The lowest BCUT2D eigenvalue weighted by atomic mass is 10.1. The number of nitrogens with one attached hydrogen (secondary N) is 1. The van der Waals surface area contributed by atoms with Gasteiger partial charge in [-0.1, -0.05) is 12.1 Å². The van der Waals surface area contributed by atoms with Crippen LogP contribution in [-0.2, 0) is 6.54 Å². The zero-order valence-electron chi connectivity index (χ0n) is 12.0. The Bertz CT molecular complexity index is 535. The van der Waals surface area contributed by atoms with Crippen molar-refractivity contribution in [3.8, 4) is 0 Å². The van der Waals surface area contributed by atoms with Crippen LogP contribution in [0.4, 0.5) is 5.69 Å². The van der Waals surface area contributed by atoms with E-state index in [1.54, 1.807) is 0 Å². The third kappa shape index (κ3) is 3.39. The summed E-state index contributed by atoms with van der Waals surface area (Å²) in [5, 5.41) is 3.66. The highest BCUT2D eigenvalue weighted by molar-refractivity contribution is 5.46. The molecule has 3 rings (SSSR count). The topological polar surface area (TPSA) is 33.1 Å². The summed E-state index contributed by atoms with van der Waals surface area (Å²) in [7, 11) is 2.20. The molecule has 0 spiro atoms. The van der Waals surface area contributed by atoms with Gasteiger partial charge in [-0.2, -0.15) is 0 Å². The number of anilines is 1. The Hall–Kier alpha value is -1.81. The lowest BCUT2D eigenvalue weighted by molar-refractivity contribution is 0.261. The van der Waals surface area contributed by atoms with E-state index in [4.69, 9.17) is 0 Å². The average molecular weight is 270 g/mol. The predicted molar refractivity (Wildman–Crippen MR) is 81.9 cm³/mol. The summed E-state index contributed by atoms with van der Waals surface area (Å²) in [6.07, 6.45) is 8.21. The van der Waals surface area contributed by atoms with Crippen LogP contribution in [0.3, 0.4) is 0 Å². The molecule has 106 valence electrons. The predicted octanol–water partition coefficient (Wildman–Crippen LogP) is 2.44. The maximum Gasteiger partial charge on any atom is 0.0949 e. The second-order valence-corrected chi connectivity index (χ2v) is 5.68. The van der Waals surface area contributed by atoms with Crippen molar-refractivity contribution in [3.05, 3.63) is 48.5 Å². The van der Waals surface area contributed by atoms with Crippen LogP contribution < -0.4 is 5.32 Å². The molecule has 0 bridgehead atoms. The van der Waals surface area contributed by atoms with Crippen molar-refractivity contribution < 1.29 is 0 Å². The fourth-order valence-corrected chi connectivity index (χ4v) is 2.87. The Morgan fingerprint density at radius 2 is 2.35 bits per heavy atom. The summed E-state index contributed by atoms with van der Waals surface area (Å²) in [4.78, 5) is 6.48. The summed E-state index contributed by atoms with van der Waals surface area (Å²) in [5.41, 5.74) is 2.53. The molecule has 4 nitrogen and oxygen atoms in total. The molecular weight excluding hydrogens is 248 g/mol. The van der Waals surface area contributed by atoms with Gasteiger partial charge in [-0.15, -0.1) is 0 Å². The second-order valence-electron chi connectivity index (χ2n) is 5.68. The van der Waals surface area contributed by atoms with Crippen LogP contribution in [0, 0.1) is 0 Å². The van der Waals surface area contributed by atoms with Gasteiger partial charge >= 0.3 is 0 Å². The molecule has 1 aromatic carbocycles. The zero-order chi connectivity index (χ0) is 13.8. The van der Waals surface area contributed by atoms with E-state index in [1.165, 1.54) is 30.6 Å².